The summed E-state index contributed by atoms with van der Waals surface area (Å²) in [7, 11) is 4.93. The number of alkyl carbamates (subject to hydrolysis) is 1. The zero-order valence-electron chi connectivity index (χ0n) is 27.6. The van der Waals surface area contributed by atoms with Gasteiger partial charge in [0.15, 0.2) is 0 Å². The van der Waals surface area contributed by atoms with Crippen LogP contribution >= 0.6 is 24.3 Å². The fourth-order valence-corrected chi connectivity index (χ4v) is 4.32. The second-order valence-electron chi connectivity index (χ2n) is 9.87. The van der Waals surface area contributed by atoms with Crippen LogP contribution in [-0.2, 0) is 49.6 Å². The molecule has 0 aliphatic heterocycles. The molecule has 282 valence electrons. The topological polar surface area (TPSA) is 250 Å². The van der Waals surface area contributed by atoms with E-state index >= 15 is 0 Å². The van der Waals surface area contributed by atoms with Crippen LogP contribution in [0, 0.1) is 5.92 Å². The number of ether oxygens (including phenoxy) is 5. The Kier molecular flexibility index (Phi) is 23.8. The minimum Gasteiger partial charge on any atom is -0.470 e. The Morgan fingerprint density at radius 1 is 0.902 bits per heavy atom. The first-order chi connectivity index (χ1) is 24.4. The summed E-state index contributed by atoms with van der Waals surface area (Å²) in [6.07, 6.45) is -2.99. The maximum absolute atomic E-state index is 12.8. The van der Waals surface area contributed by atoms with Crippen molar-refractivity contribution >= 4 is 80.2 Å². The smallest absolute Gasteiger partial charge is 0.455 e. The molecular weight excluding hydrogens is 724 g/mol. The van der Waals surface area contributed by atoms with Crippen molar-refractivity contribution in [1.82, 2.24) is 29.1 Å². The van der Waals surface area contributed by atoms with Crippen LogP contribution in [0.25, 0.3) is 0 Å². The number of carbonyl (C=O) groups is 7. The lowest BCUT2D eigenvalue weighted by molar-refractivity contribution is -0.128. The maximum atomic E-state index is 12.8. The number of hydrogen-bond donors (Lipinski definition) is 6. The van der Waals surface area contributed by atoms with Crippen molar-refractivity contribution in [3.8, 4) is 0 Å². The molecule has 0 saturated heterocycles. The summed E-state index contributed by atoms with van der Waals surface area (Å²) in [5, 5.41) is 7.53. The van der Waals surface area contributed by atoms with Crippen LogP contribution in [-0.4, -0.2) is 120 Å². The Hall–Kier alpha value is -4.52. The van der Waals surface area contributed by atoms with Gasteiger partial charge in [0.1, 0.15) is 32.5 Å². The molecule has 0 fully saturated rings. The van der Waals surface area contributed by atoms with Gasteiger partial charge in [-0.25, -0.2) is 33.1 Å². The van der Waals surface area contributed by atoms with E-state index in [-0.39, 0.29) is 78.2 Å². The van der Waals surface area contributed by atoms with E-state index in [1.54, 1.807) is 38.1 Å². The first-order valence-electron chi connectivity index (χ1n) is 14.9. The molecule has 1 aromatic carbocycles. The van der Waals surface area contributed by atoms with E-state index in [1.807, 2.05) is 4.72 Å². The van der Waals surface area contributed by atoms with Crippen molar-refractivity contribution < 1.29 is 66.7 Å². The van der Waals surface area contributed by atoms with E-state index in [0.717, 1.165) is 12.1 Å². The van der Waals surface area contributed by atoms with Gasteiger partial charge in [0.2, 0.25) is 25.5 Å². The molecule has 1 atom stereocenters. The molecule has 1 aromatic rings. The van der Waals surface area contributed by atoms with Crippen molar-refractivity contribution in [2.24, 2.45) is 5.92 Å². The van der Waals surface area contributed by atoms with Gasteiger partial charge >= 0.3 is 18.3 Å². The highest BCUT2D eigenvalue weighted by atomic mass is 32.2. The number of anilines is 1. The average Bonchev–Trinajstić information content (AvgIpc) is 3.10. The second kappa shape index (κ2) is 27.2. The molecule has 0 aliphatic rings. The van der Waals surface area contributed by atoms with E-state index in [2.05, 4.69) is 35.1 Å². The Morgan fingerprint density at radius 2 is 1.61 bits per heavy atom. The Morgan fingerprint density at radius 3 is 2.27 bits per heavy atom. The first kappa shape index (κ1) is 44.5. The van der Waals surface area contributed by atoms with Gasteiger partial charge in [-0.05, 0) is 23.6 Å². The van der Waals surface area contributed by atoms with Crippen molar-refractivity contribution in [2.45, 2.75) is 26.5 Å². The molecule has 0 heterocycles. The van der Waals surface area contributed by atoms with Crippen LogP contribution in [0.3, 0.4) is 0 Å². The van der Waals surface area contributed by atoms with E-state index < -0.39 is 42.0 Å². The molecule has 0 aromatic heterocycles. The standard InChI is InChI=1S/C27H39BFN7O13S2/c1-18(2)22(23(39)30-15-21(38)32-20-5-3-19(4-6-20)16-48-24(28)40)33-25(41)46-12-9-36(8-11-45-17-37)51-35-26(42)47-14-13-44-10-7-31-50-34-27(43)49-29/h3-6,17-18,22,31H,7-16H2,1-2H3,(H,30,39)(H,32,38)(H,33,41)(H,34,43)(H,35,42). The summed E-state index contributed by atoms with van der Waals surface area (Å²) in [5.74, 6) is -2.45. The second-order valence-corrected chi connectivity index (χ2v) is 11.5. The van der Waals surface area contributed by atoms with Crippen LogP contribution < -0.4 is 30.1 Å². The lowest BCUT2D eigenvalue weighted by Crippen LogP contribution is -2.51. The summed E-state index contributed by atoms with van der Waals surface area (Å²) >= 11 is 1.49. The van der Waals surface area contributed by atoms with Crippen LogP contribution in [0.5, 0.6) is 0 Å². The zero-order valence-corrected chi connectivity index (χ0v) is 29.3. The van der Waals surface area contributed by atoms with Gasteiger partial charge in [0.05, 0.1) is 19.8 Å². The molecular formula is C27H39BFN7O13S2. The molecule has 24 heteroatoms. The number of hydrogen-bond acceptors (Lipinski definition) is 17. The monoisotopic (exact) mass is 763 g/mol. The lowest BCUT2D eigenvalue weighted by Gasteiger charge is -2.22. The van der Waals surface area contributed by atoms with Gasteiger partial charge in [0.25, 0.3) is 6.47 Å². The number of amides is 5. The molecule has 51 heavy (non-hydrogen) atoms. The quantitative estimate of drug-likeness (QED) is 0.0265. The SMILES string of the molecule is [B]C(=O)OCc1ccc(NC(=O)CNC(=O)C(NC(=O)OCCN(CCOC=O)SNC(=O)OCCOCCNSNC(=O)OF)C(C)C)cc1. The minimum absolute atomic E-state index is 0.0279. The summed E-state index contributed by atoms with van der Waals surface area (Å²) in [6, 6.07) is 5.35. The average molecular weight is 764 g/mol. The van der Waals surface area contributed by atoms with Gasteiger partial charge < -0.3 is 39.6 Å². The van der Waals surface area contributed by atoms with Crippen molar-refractivity contribution in [3.63, 3.8) is 0 Å². The van der Waals surface area contributed by atoms with Crippen LogP contribution in [0.15, 0.2) is 24.3 Å². The molecule has 0 aliphatic carbocycles. The largest absolute Gasteiger partial charge is 0.470 e. The number of nitrogens with zero attached hydrogens (tertiary/aromatic N) is 1. The first-order valence-corrected chi connectivity index (χ1v) is 16.5. The summed E-state index contributed by atoms with van der Waals surface area (Å²) in [6.45, 7) is 3.59. The number of benzene rings is 1. The van der Waals surface area contributed by atoms with E-state index in [4.69, 9.17) is 26.8 Å². The highest BCUT2D eigenvalue weighted by Crippen LogP contribution is 2.11. The highest BCUT2D eigenvalue weighted by Gasteiger charge is 2.25. The molecule has 0 spiro atoms. The molecule has 0 saturated carbocycles. The van der Waals surface area contributed by atoms with Crippen molar-refractivity contribution in [3.05, 3.63) is 29.8 Å². The van der Waals surface area contributed by atoms with Gasteiger partial charge in [-0.1, -0.05) is 26.0 Å². The fraction of sp³-hybridized carbons (Fsp3) is 0.519. The van der Waals surface area contributed by atoms with E-state index in [0.29, 0.717) is 23.4 Å². The number of rotatable bonds is 25. The highest BCUT2D eigenvalue weighted by molar-refractivity contribution is 7.96. The molecule has 0 bridgehead atoms. The van der Waals surface area contributed by atoms with Crippen LogP contribution in [0.2, 0.25) is 0 Å². The molecule has 1 rings (SSSR count). The predicted molar refractivity (Wildman–Crippen MR) is 180 cm³/mol. The number of carbonyl (C=O) groups excluding carboxylic acids is 7. The Labute approximate surface area is 302 Å². The Bertz CT molecular complexity index is 1260. The number of nitrogens with one attached hydrogen (secondary N) is 6. The molecule has 5 amide bonds. The summed E-state index contributed by atoms with van der Waals surface area (Å²) in [4.78, 5) is 84.3. The third-order valence-corrected chi connectivity index (χ3v) is 7.21. The van der Waals surface area contributed by atoms with Gasteiger partial charge in [-0.3, -0.25) is 23.9 Å². The predicted octanol–water partition coefficient (Wildman–Crippen LogP) is 0.842. The summed E-state index contributed by atoms with van der Waals surface area (Å²) < 4.78 is 44.8. The minimum atomic E-state index is -1.27. The fourth-order valence-electron chi connectivity index (χ4n) is 3.36. The van der Waals surface area contributed by atoms with Crippen LogP contribution in [0.4, 0.5) is 29.4 Å². The van der Waals surface area contributed by atoms with Crippen LogP contribution in [0.1, 0.15) is 19.4 Å². The van der Waals surface area contributed by atoms with Crippen molar-refractivity contribution in [2.75, 3.05) is 64.5 Å². The molecule has 2 radical (unpaired) electrons. The maximum Gasteiger partial charge on any atom is 0.455 e. The molecule has 1 unspecified atom stereocenters. The van der Waals surface area contributed by atoms with Crippen molar-refractivity contribution in [1.29, 1.82) is 0 Å². The number of halogens is 1. The normalized spacial score (nSPS) is 11.1. The third kappa shape index (κ3) is 22.8. The van der Waals surface area contributed by atoms with Gasteiger partial charge in [-0.2, -0.15) is 0 Å². The van der Waals surface area contributed by atoms with E-state index in [1.165, 1.54) is 4.31 Å². The molecule has 6 N–H and O–H groups in total. The van der Waals surface area contributed by atoms with Gasteiger partial charge in [0, 0.05) is 54.1 Å². The zero-order chi connectivity index (χ0) is 37.9. The third-order valence-electron chi connectivity index (χ3n) is 5.71. The summed E-state index contributed by atoms with van der Waals surface area (Å²) in [5.41, 5.74) is 1.08. The molecule has 20 nitrogen and oxygen atoms in total. The van der Waals surface area contributed by atoms with Gasteiger partial charge in [-0.15, -0.1) is 0 Å². The van der Waals surface area contributed by atoms with E-state index in [9.17, 15) is 38.1 Å². The Balaban J connectivity index is 2.40. The lowest BCUT2D eigenvalue weighted by atomic mass is 10.0.